The van der Waals surface area contributed by atoms with Gasteiger partial charge < -0.3 is 24.6 Å². The normalized spacial score (nSPS) is 37.0. The Kier molecular flexibility index (Phi) is 8.42. The zero-order chi connectivity index (χ0) is 34.8. The molecule has 2 aromatic rings. The van der Waals surface area contributed by atoms with E-state index in [-0.39, 0.29) is 53.4 Å². The third kappa shape index (κ3) is 4.89. The topological polar surface area (TPSA) is 96.3 Å². The lowest BCUT2D eigenvalue weighted by atomic mass is 9.32. The number of methoxy groups -OCH3 is 2. The number of ketones is 1. The fraction of sp³-hybridized carbons (Fsp3) is 0.571. The molecule has 6 aliphatic carbocycles. The standard InChI is InChI=1S/C42H53NO6/c1-6-22-43(36(45)24-28-12-13-32(48-4)33(23-28)49-5)27-41(47)19-16-35-39(41,3)18-15-34-38(2)17-14-30(44)25-40(38)20-21-42(34,35)31(26-40)37(46)29-10-8-7-9-11-29/h7-13,20-21,23,26,30,34-35,44,47H,6,14-19,22,24-25,27H2,1-5H3/t30?,34-,35-,38-,39+,40+,41-,42-/m1/s1. The molecule has 0 aromatic heterocycles. The van der Waals surface area contributed by atoms with E-state index in [1.807, 2.05) is 53.4 Å². The van der Waals surface area contributed by atoms with Crippen LogP contribution in [0.25, 0.3) is 0 Å². The van der Waals surface area contributed by atoms with Gasteiger partial charge in [0.15, 0.2) is 17.3 Å². The van der Waals surface area contributed by atoms with Gasteiger partial charge in [0.25, 0.3) is 0 Å². The van der Waals surface area contributed by atoms with Gasteiger partial charge in [-0.25, -0.2) is 0 Å². The molecule has 262 valence electrons. The predicted octanol–water partition coefficient (Wildman–Crippen LogP) is 6.96. The van der Waals surface area contributed by atoms with Gasteiger partial charge in [0, 0.05) is 40.5 Å². The van der Waals surface area contributed by atoms with Crippen LogP contribution in [0, 0.1) is 33.5 Å². The van der Waals surface area contributed by atoms with Crippen LogP contribution >= 0.6 is 0 Å². The highest BCUT2D eigenvalue weighted by Gasteiger charge is 2.74. The Labute approximate surface area is 291 Å². The van der Waals surface area contributed by atoms with Crippen LogP contribution in [0.5, 0.6) is 11.5 Å². The summed E-state index contributed by atoms with van der Waals surface area (Å²) in [5, 5.41) is 23.9. The Morgan fingerprint density at radius 3 is 2.31 bits per heavy atom. The molecule has 0 heterocycles. The van der Waals surface area contributed by atoms with Crippen molar-refractivity contribution in [2.45, 2.75) is 90.3 Å². The van der Waals surface area contributed by atoms with E-state index in [2.05, 4.69) is 39.0 Å². The molecule has 2 N–H and O–H groups in total. The summed E-state index contributed by atoms with van der Waals surface area (Å²) in [5.41, 5.74) is -0.223. The molecule has 1 amide bonds. The van der Waals surface area contributed by atoms with Crippen molar-refractivity contribution in [2.24, 2.45) is 33.5 Å². The van der Waals surface area contributed by atoms with Crippen LogP contribution in [0.2, 0.25) is 0 Å². The summed E-state index contributed by atoms with van der Waals surface area (Å²) < 4.78 is 10.9. The minimum absolute atomic E-state index is 0.0190. The molecule has 49 heavy (non-hydrogen) atoms. The number of rotatable bonds is 10. The van der Waals surface area contributed by atoms with E-state index in [0.29, 0.717) is 36.4 Å². The van der Waals surface area contributed by atoms with Crippen LogP contribution in [0.4, 0.5) is 0 Å². The number of hydrogen-bond acceptors (Lipinski definition) is 6. The van der Waals surface area contributed by atoms with Crippen molar-refractivity contribution in [3.63, 3.8) is 0 Å². The number of Topliss-reactive ketones (excluding diaryl/α,β-unsaturated/α-hetero) is 1. The van der Waals surface area contributed by atoms with E-state index in [1.165, 1.54) is 0 Å². The third-order valence-electron chi connectivity index (χ3n) is 14.1. The molecule has 8 rings (SSSR count). The average molecular weight is 668 g/mol. The van der Waals surface area contributed by atoms with E-state index in [4.69, 9.17) is 9.47 Å². The summed E-state index contributed by atoms with van der Waals surface area (Å²) >= 11 is 0. The lowest BCUT2D eigenvalue weighted by molar-refractivity contribution is -0.178. The number of benzene rings is 2. The van der Waals surface area contributed by atoms with Gasteiger partial charge in [0.1, 0.15) is 0 Å². The lowest BCUT2D eigenvalue weighted by Crippen LogP contribution is -2.67. The van der Waals surface area contributed by atoms with Crippen LogP contribution in [-0.2, 0) is 11.2 Å². The van der Waals surface area contributed by atoms with Gasteiger partial charge in [-0.15, -0.1) is 0 Å². The van der Waals surface area contributed by atoms with Crippen LogP contribution in [0.3, 0.4) is 0 Å². The molecule has 0 saturated heterocycles. The van der Waals surface area contributed by atoms with Crippen molar-refractivity contribution in [3.05, 3.63) is 83.5 Å². The maximum atomic E-state index is 14.7. The molecular weight excluding hydrogens is 614 g/mol. The molecule has 6 aliphatic rings. The van der Waals surface area contributed by atoms with Crippen LogP contribution in [-0.4, -0.2) is 65.8 Å². The number of aliphatic hydroxyl groups excluding tert-OH is 1. The largest absolute Gasteiger partial charge is 0.493 e. The highest BCUT2D eigenvalue weighted by atomic mass is 16.5. The lowest BCUT2D eigenvalue weighted by Gasteiger charge is -2.71. The highest BCUT2D eigenvalue weighted by Crippen LogP contribution is 2.78. The van der Waals surface area contributed by atoms with Crippen molar-refractivity contribution in [1.82, 2.24) is 4.90 Å². The SMILES string of the molecule is CCCN(C[C@]1(O)CC[C@H]2[C@]34C=C[C@@]5(C=C3C(=O)c3ccccc3)CC(O)CC[C@]5(C)[C@H]4CC[C@@]21C)C(=O)Cc1ccc(OC)c(OC)c1. The Morgan fingerprint density at radius 1 is 0.898 bits per heavy atom. The first-order valence-corrected chi connectivity index (χ1v) is 18.3. The van der Waals surface area contributed by atoms with E-state index in [1.54, 1.807) is 14.2 Å². The summed E-state index contributed by atoms with van der Waals surface area (Å²) in [6.07, 6.45) is 13.0. The van der Waals surface area contributed by atoms with Crippen LogP contribution in [0.1, 0.15) is 88.1 Å². The molecule has 0 aliphatic heterocycles. The fourth-order valence-electron chi connectivity index (χ4n) is 11.5. The van der Waals surface area contributed by atoms with Crippen LogP contribution < -0.4 is 9.47 Å². The van der Waals surface area contributed by atoms with Crippen molar-refractivity contribution in [3.8, 4) is 11.5 Å². The number of carbonyl (C=O) groups is 2. The molecule has 3 saturated carbocycles. The number of aliphatic hydroxyl groups is 2. The molecule has 2 aromatic carbocycles. The van der Waals surface area contributed by atoms with Crippen molar-refractivity contribution in [1.29, 1.82) is 0 Å². The Morgan fingerprint density at radius 2 is 1.59 bits per heavy atom. The second-order valence-corrected chi connectivity index (χ2v) is 16.2. The van der Waals surface area contributed by atoms with Gasteiger partial charge in [0.2, 0.25) is 5.91 Å². The zero-order valence-electron chi connectivity index (χ0n) is 29.8. The second-order valence-electron chi connectivity index (χ2n) is 16.2. The first kappa shape index (κ1) is 34.0. The Bertz CT molecular complexity index is 1680. The second kappa shape index (κ2) is 12.1. The van der Waals surface area contributed by atoms with Crippen molar-refractivity contribution >= 4 is 11.7 Å². The van der Waals surface area contributed by atoms with E-state index < -0.39 is 16.4 Å². The zero-order valence-corrected chi connectivity index (χ0v) is 29.8. The summed E-state index contributed by atoms with van der Waals surface area (Å²) in [4.78, 5) is 30.5. The molecular formula is C42H53NO6. The highest BCUT2D eigenvalue weighted by molar-refractivity contribution is 6.10. The minimum atomic E-state index is -1.11. The molecule has 8 atom stereocenters. The number of fused-ring (bicyclic) bond motifs is 1. The molecule has 2 spiro atoms. The van der Waals surface area contributed by atoms with Crippen LogP contribution in [0.15, 0.2) is 72.3 Å². The Balaban J connectivity index is 1.24. The molecule has 3 fully saturated rings. The maximum Gasteiger partial charge on any atom is 0.227 e. The maximum absolute atomic E-state index is 14.7. The summed E-state index contributed by atoms with van der Waals surface area (Å²) in [6, 6.07) is 15.2. The summed E-state index contributed by atoms with van der Waals surface area (Å²) in [6.45, 7) is 7.54. The number of allylic oxidation sites excluding steroid dienone is 4. The Hall–Kier alpha value is -3.42. The molecule has 7 heteroatoms. The third-order valence-corrected chi connectivity index (χ3v) is 14.1. The van der Waals surface area contributed by atoms with E-state index >= 15 is 0 Å². The monoisotopic (exact) mass is 667 g/mol. The summed E-state index contributed by atoms with van der Waals surface area (Å²) in [7, 11) is 3.19. The van der Waals surface area contributed by atoms with Gasteiger partial charge in [0.05, 0.1) is 32.3 Å². The first-order valence-electron chi connectivity index (χ1n) is 18.3. The average Bonchev–Trinajstić information content (AvgIpc) is 3.37. The van der Waals surface area contributed by atoms with Gasteiger partial charge in [-0.3, -0.25) is 9.59 Å². The van der Waals surface area contributed by atoms with Crippen molar-refractivity contribution in [2.75, 3.05) is 27.3 Å². The molecule has 7 nitrogen and oxygen atoms in total. The molecule has 2 bridgehead atoms. The minimum Gasteiger partial charge on any atom is -0.493 e. The number of amides is 1. The molecule has 0 radical (unpaired) electrons. The quantitative estimate of drug-likeness (QED) is 0.210. The van der Waals surface area contributed by atoms with Crippen molar-refractivity contribution < 1.29 is 29.3 Å². The number of ether oxygens (including phenoxy) is 2. The van der Waals surface area contributed by atoms with Gasteiger partial charge in [-0.2, -0.15) is 0 Å². The van der Waals surface area contributed by atoms with E-state index in [0.717, 1.165) is 49.7 Å². The molecule has 1 unspecified atom stereocenters. The number of carbonyl (C=O) groups excluding carboxylic acids is 2. The van der Waals surface area contributed by atoms with E-state index in [9.17, 15) is 19.8 Å². The number of nitrogens with zero attached hydrogens (tertiary/aromatic N) is 1. The van der Waals surface area contributed by atoms with Gasteiger partial charge >= 0.3 is 0 Å². The fourth-order valence-corrected chi connectivity index (χ4v) is 11.5. The summed E-state index contributed by atoms with van der Waals surface area (Å²) in [5.74, 6) is 1.51. The smallest absolute Gasteiger partial charge is 0.227 e. The number of hydrogen-bond donors (Lipinski definition) is 2. The van der Waals surface area contributed by atoms with Gasteiger partial charge in [-0.05, 0) is 86.3 Å². The van der Waals surface area contributed by atoms with Gasteiger partial charge in [-0.1, -0.05) is 75.4 Å². The predicted molar refractivity (Wildman–Crippen MR) is 189 cm³/mol. The first-order chi connectivity index (χ1) is 23.4.